The molecule has 15 heavy (non-hydrogen) atoms. The Morgan fingerprint density at radius 2 is 2.07 bits per heavy atom. The maximum Gasteiger partial charge on any atom is 0.133 e. The summed E-state index contributed by atoms with van der Waals surface area (Å²) in [7, 11) is 0. The first-order chi connectivity index (χ1) is 6.97. The number of carbonyl (C=O) groups excluding carboxylic acids is 1. The van der Waals surface area contributed by atoms with Crippen molar-refractivity contribution in [2.45, 2.75) is 66.2 Å². The summed E-state index contributed by atoms with van der Waals surface area (Å²) in [6.45, 7) is 9.09. The highest BCUT2D eigenvalue weighted by Gasteiger charge is 2.37. The Balaban J connectivity index is 2.59. The summed E-state index contributed by atoms with van der Waals surface area (Å²) in [4.78, 5) is 11.7. The molecule has 0 bridgehead atoms. The third kappa shape index (κ3) is 3.32. The van der Waals surface area contributed by atoms with Crippen LogP contribution in [0.5, 0.6) is 0 Å². The summed E-state index contributed by atoms with van der Waals surface area (Å²) in [6, 6.07) is 0. The van der Waals surface area contributed by atoms with E-state index in [1.165, 1.54) is 19.3 Å². The second-order valence-electron chi connectivity index (χ2n) is 5.96. The third-order valence-corrected chi connectivity index (χ3v) is 4.15. The lowest BCUT2D eigenvalue weighted by molar-refractivity contribution is -0.122. The summed E-state index contributed by atoms with van der Waals surface area (Å²) in [5.74, 6) is 1.82. The molecule has 1 aliphatic rings. The molecular weight excluding hydrogens is 184 g/mol. The molecule has 0 aromatic heterocycles. The zero-order chi connectivity index (χ0) is 11.5. The van der Waals surface area contributed by atoms with Gasteiger partial charge in [-0.1, -0.05) is 40.5 Å². The van der Waals surface area contributed by atoms with E-state index in [1.54, 1.807) is 0 Å². The molecule has 0 radical (unpaired) electrons. The maximum atomic E-state index is 11.7. The lowest BCUT2D eigenvalue weighted by Gasteiger charge is -2.42. The Labute approximate surface area is 94.6 Å². The van der Waals surface area contributed by atoms with Gasteiger partial charge in [0.2, 0.25) is 0 Å². The number of rotatable bonds is 4. The molecule has 1 nitrogen and oxygen atoms in total. The molecule has 1 aliphatic carbocycles. The third-order valence-electron chi connectivity index (χ3n) is 4.15. The molecule has 0 aromatic carbocycles. The molecule has 0 aromatic rings. The predicted octanol–water partition coefficient (Wildman–Crippen LogP) is 4.21. The fourth-order valence-electron chi connectivity index (χ4n) is 3.14. The molecule has 1 rings (SSSR count). The van der Waals surface area contributed by atoms with E-state index in [2.05, 4.69) is 27.7 Å². The zero-order valence-corrected chi connectivity index (χ0v) is 10.8. The molecule has 0 N–H and O–H groups in total. The molecule has 1 saturated carbocycles. The zero-order valence-electron chi connectivity index (χ0n) is 10.8. The SMILES string of the molecule is CCCC(=O)CC1C(C)CCCC1(C)C. The van der Waals surface area contributed by atoms with E-state index in [1.807, 2.05) is 0 Å². The fraction of sp³-hybridized carbons (Fsp3) is 0.929. The summed E-state index contributed by atoms with van der Waals surface area (Å²) in [6.07, 6.45) is 6.54. The van der Waals surface area contributed by atoms with Crippen molar-refractivity contribution in [1.29, 1.82) is 0 Å². The number of Topliss-reactive ketones (excluding diaryl/α,β-unsaturated/α-hetero) is 1. The molecular formula is C14H26O. The lowest BCUT2D eigenvalue weighted by atomic mass is 9.62. The van der Waals surface area contributed by atoms with Crippen molar-refractivity contribution in [1.82, 2.24) is 0 Å². The van der Waals surface area contributed by atoms with Gasteiger partial charge in [0, 0.05) is 12.8 Å². The van der Waals surface area contributed by atoms with Crippen LogP contribution in [0.3, 0.4) is 0 Å². The molecule has 0 saturated heterocycles. The van der Waals surface area contributed by atoms with Gasteiger partial charge in [-0.25, -0.2) is 0 Å². The van der Waals surface area contributed by atoms with Crippen LogP contribution < -0.4 is 0 Å². The van der Waals surface area contributed by atoms with Crippen molar-refractivity contribution in [3.05, 3.63) is 0 Å². The first kappa shape index (κ1) is 12.7. The fourth-order valence-corrected chi connectivity index (χ4v) is 3.14. The van der Waals surface area contributed by atoms with Crippen LogP contribution in [0.2, 0.25) is 0 Å². The highest BCUT2D eigenvalue weighted by atomic mass is 16.1. The summed E-state index contributed by atoms with van der Waals surface area (Å²) in [5.41, 5.74) is 0.376. The smallest absolute Gasteiger partial charge is 0.133 e. The number of ketones is 1. The number of hydrogen-bond acceptors (Lipinski definition) is 1. The molecule has 88 valence electrons. The second kappa shape index (κ2) is 5.14. The van der Waals surface area contributed by atoms with Gasteiger partial charge in [-0.15, -0.1) is 0 Å². The van der Waals surface area contributed by atoms with E-state index in [9.17, 15) is 4.79 Å². The largest absolute Gasteiger partial charge is 0.300 e. The number of carbonyl (C=O) groups is 1. The number of hydrogen-bond donors (Lipinski definition) is 0. The minimum Gasteiger partial charge on any atom is -0.300 e. The van der Waals surface area contributed by atoms with Crippen molar-refractivity contribution < 1.29 is 4.79 Å². The molecule has 0 heterocycles. The molecule has 0 amide bonds. The van der Waals surface area contributed by atoms with Crippen LogP contribution in [-0.4, -0.2) is 5.78 Å². The van der Waals surface area contributed by atoms with E-state index in [4.69, 9.17) is 0 Å². The van der Waals surface area contributed by atoms with Crippen molar-refractivity contribution in [2.24, 2.45) is 17.3 Å². The Morgan fingerprint density at radius 3 is 2.60 bits per heavy atom. The quantitative estimate of drug-likeness (QED) is 0.679. The van der Waals surface area contributed by atoms with Crippen molar-refractivity contribution in [2.75, 3.05) is 0 Å². The lowest BCUT2D eigenvalue weighted by Crippen LogP contribution is -2.35. The maximum absolute atomic E-state index is 11.7. The molecule has 1 heteroatoms. The van der Waals surface area contributed by atoms with Gasteiger partial charge >= 0.3 is 0 Å². The Bertz CT molecular complexity index is 217. The first-order valence-electron chi connectivity index (χ1n) is 6.49. The van der Waals surface area contributed by atoms with Crippen molar-refractivity contribution in [3.63, 3.8) is 0 Å². The van der Waals surface area contributed by atoms with Crippen LogP contribution in [-0.2, 0) is 4.79 Å². The molecule has 2 atom stereocenters. The van der Waals surface area contributed by atoms with E-state index in [0.29, 0.717) is 17.1 Å². The summed E-state index contributed by atoms with van der Waals surface area (Å²) < 4.78 is 0. The molecule has 2 unspecified atom stereocenters. The van der Waals surface area contributed by atoms with Crippen molar-refractivity contribution in [3.8, 4) is 0 Å². The van der Waals surface area contributed by atoms with Gasteiger partial charge in [0.05, 0.1) is 0 Å². The topological polar surface area (TPSA) is 17.1 Å². The molecule has 1 fully saturated rings. The van der Waals surface area contributed by atoms with E-state index in [0.717, 1.165) is 25.2 Å². The monoisotopic (exact) mass is 210 g/mol. The second-order valence-corrected chi connectivity index (χ2v) is 5.96. The van der Waals surface area contributed by atoms with Crippen LogP contribution >= 0.6 is 0 Å². The minimum absolute atomic E-state index is 0.376. The van der Waals surface area contributed by atoms with Crippen molar-refractivity contribution >= 4 is 5.78 Å². The summed E-state index contributed by atoms with van der Waals surface area (Å²) >= 11 is 0. The molecule has 0 spiro atoms. The summed E-state index contributed by atoms with van der Waals surface area (Å²) in [5, 5.41) is 0. The Kier molecular flexibility index (Phi) is 4.36. The normalized spacial score (nSPS) is 30.1. The minimum atomic E-state index is 0.376. The highest BCUT2D eigenvalue weighted by Crippen LogP contribution is 2.45. The van der Waals surface area contributed by atoms with E-state index in [-0.39, 0.29) is 0 Å². The van der Waals surface area contributed by atoms with Crippen LogP contribution in [0.1, 0.15) is 66.2 Å². The van der Waals surface area contributed by atoms with Gasteiger partial charge in [0.15, 0.2) is 0 Å². The highest BCUT2D eigenvalue weighted by molar-refractivity contribution is 5.78. The van der Waals surface area contributed by atoms with Crippen LogP contribution in [0.25, 0.3) is 0 Å². The average molecular weight is 210 g/mol. The van der Waals surface area contributed by atoms with E-state index >= 15 is 0 Å². The standard InChI is InChI=1S/C14H26O/c1-5-7-12(15)10-13-11(2)8-6-9-14(13,3)4/h11,13H,5-10H2,1-4H3. The molecule has 0 aliphatic heterocycles. The predicted molar refractivity (Wildman–Crippen MR) is 64.8 cm³/mol. The van der Waals surface area contributed by atoms with Gasteiger partial charge in [-0.2, -0.15) is 0 Å². The van der Waals surface area contributed by atoms with Crippen LogP contribution in [0.15, 0.2) is 0 Å². The van der Waals surface area contributed by atoms with Crippen LogP contribution in [0, 0.1) is 17.3 Å². The van der Waals surface area contributed by atoms with E-state index < -0.39 is 0 Å². The Morgan fingerprint density at radius 1 is 1.40 bits per heavy atom. The van der Waals surface area contributed by atoms with Gasteiger partial charge in [0.1, 0.15) is 5.78 Å². The van der Waals surface area contributed by atoms with Gasteiger partial charge in [0.25, 0.3) is 0 Å². The average Bonchev–Trinajstić information content (AvgIpc) is 2.12. The van der Waals surface area contributed by atoms with Crippen LogP contribution in [0.4, 0.5) is 0 Å². The first-order valence-corrected chi connectivity index (χ1v) is 6.49. The van der Waals surface area contributed by atoms with Gasteiger partial charge in [-0.05, 0) is 30.1 Å². The Hall–Kier alpha value is -0.330. The van der Waals surface area contributed by atoms with Gasteiger partial charge in [-0.3, -0.25) is 4.79 Å². The van der Waals surface area contributed by atoms with Gasteiger partial charge < -0.3 is 0 Å².